The van der Waals surface area contributed by atoms with Gasteiger partial charge in [0.15, 0.2) is 15.2 Å². The van der Waals surface area contributed by atoms with Crippen molar-refractivity contribution in [1.29, 1.82) is 0 Å². The summed E-state index contributed by atoms with van der Waals surface area (Å²) < 4.78 is 2.11. The number of rotatable bonds is 6. The first-order valence-electron chi connectivity index (χ1n) is 6.90. The molecule has 0 saturated carbocycles. The molecular formula is C17H19N2OSi. The lowest BCUT2D eigenvalue weighted by Crippen LogP contribution is -2.29. The van der Waals surface area contributed by atoms with Gasteiger partial charge in [-0.25, -0.2) is 0 Å². The van der Waals surface area contributed by atoms with Crippen molar-refractivity contribution in [3.05, 3.63) is 71.3 Å². The highest BCUT2D eigenvalue weighted by atomic mass is 28.3. The fourth-order valence-corrected chi connectivity index (χ4v) is 2.73. The van der Waals surface area contributed by atoms with E-state index in [4.69, 9.17) is 0 Å². The molecule has 0 saturated heterocycles. The first kappa shape index (κ1) is 15.2. The summed E-state index contributed by atoms with van der Waals surface area (Å²) in [5, 5.41) is 4.59. The van der Waals surface area contributed by atoms with Crippen molar-refractivity contribution in [2.24, 2.45) is 5.10 Å². The Kier molecular flexibility index (Phi) is 5.46. The standard InChI is InChI=1S/C17H19N2OSi/c1-21(2)19(13-15-8-4-3-5-9-15)18-12-16-10-6-7-11-17(16)14-20/h3-12,14H,13H2,1-2H3. The normalized spacial score (nSPS) is 11.0. The average molecular weight is 295 g/mol. The zero-order chi connectivity index (χ0) is 15.1. The van der Waals surface area contributed by atoms with Crippen molar-refractivity contribution in [1.82, 2.24) is 4.67 Å². The van der Waals surface area contributed by atoms with Crippen LogP contribution in [0.1, 0.15) is 21.5 Å². The molecule has 4 heteroatoms. The Balaban J connectivity index is 2.16. The Morgan fingerprint density at radius 2 is 1.62 bits per heavy atom. The maximum absolute atomic E-state index is 11.0. The van der Waals surface area contributed by atoms with Crippen LogP contribution in [0.4, 0.5) is 0 Å². The number of hydrogen-bond acceptors (Lipinski definition) is 3. The molecule has 2 aromatic carbocycles. The number of benzene rings is 2. The minimum Gasteiger partial charge on any atom is -0.321 e. The number of hydrazone groups is 1. The van der Waals surface area contributed by atoms with E-state index in [1.165, 1.54) is 5.56 Å². The maximum Gasteiger partial charge on any atom is 0.187 e. The van der Waals surface area contributed by atoms with Crippen molar-refractivity contribution in [3.63, 3.8) is 0 Å². The lowest BCUT2D eigenvalue weighted by Gasteiger charge is -2.22. The van der Waals surface area contributed by atoms with Gasteiger partial charge in [0.25, 0.3) is 0 Å². The number of hydrogen-bond donors (Lipinski definition) is 0. The Morgan fingerprint density at radius 1 is 1.00 bits per heavy atom. The Labute approximate surface area is 127 Å². The third kappa shape index (κ3) is 4.39. The molecule has 0 aromatic heterocycles. The van der Waals surface area contributed by atoms with Gasteiger partial charge in [-0.2, -0.15) is 5.10 Å². The predicted octanol–water partition coefficient (Wildman–Crippen LogP) is 3.59. The summed E-state index contributed by atoms with van der Waals surface area (Å²) in [4.78, 5) is 11.0. The van der Waals surface area contributed by atoms with Crippen molar-refractivity contribution < 1.29 is 4.79 Å². The van der Waals surface area contributed by atoms with E-state index in [0.29, 0.717) is 5.56 Å². The molecule has 2 rings (SSSR count). The van der Waals surface area contributed by atoms with E-state index < -0.39 is 8.96 Å². The van der Waals surface area contributed by atoms with E-state index in [9.17, 15) is 4.79 Å². The molecule has 0 aliphatic rings. The minimum absolute atomic E-state index is 0.668. The van der Waals surface area contributed by atoms with Gasteiger partial charge >= 0.3 is 0 Å². The second kappa shape index (κ2) is 7.55. The van der Waals surface area contributed by atoms with Crippen LogP contribution < -0.4 is 0 Å². The van der Waals surface area contributed by atoms with Crippen LogP contribution in [0.15, 0.2) is 59.7 Å². The monoisotopic (exact) mass is 295 g/mol. The molecule has 0 heterocycles. The number of carbonyl (C=O) groups is 1. The van der Waals surface area contributed by atoms with E-state index in [1.807, 2.05) is 36.4 Å². The molecule has 0 unspecified atom stereocenters. The van der Waals surface area contributed by atoms with E-state index in [-0.39, 0.29) is 0 Å². The molecule has 3 nitrogen and oxygen atoms in total. The molecule has 0 aliphatic heterocycles. The van der Waals surface area contributed by atoms with Crippen LogP contribution in [0.3, 0.4) is 0 Å². The highest BCUT2D eigenvalue weighted by Gasteiger charge is 2.09. The zero-order valence-electron chi connectivity index (χ0n) is 12.4. The van der Waals surface area contributed by atoms with Crippen molar-refractivity contribution in [2.45, 2.75) is 19.6 Å². The summed E-state index contributed by atoms with van der Waals surface area (Å²) in [6.45, 7) is 5.20. The largest absolute Gasteiger partial charge is 0.321 e. The first-order chi connectivity index (χ1) is 10.2. The fourth-order valence-electron chi connectivity index (χ4n) is 1.94. The number of aldehydes is 1. The predicted molar refractivity (Wildman–Crippen MR) is 88.9 cm³/mol. The van der Waals surface area contributed by atoms with Gasteiger partial charge in [-0.3, -0.25) is 4.79 Å². The highest BCUT2D eigenvalue weighted by Crippen LogP contribution is 2.08. The summed E-state index contributed by atoms with van der Waals surface area (Å²) in [6, 6.07) is 17.8. The smallest absolute Gasteiger partial charge is 0.187 e. The number of carbonyl (C=O) groups excluding carboxylic acids is 1. The minimum atomic E-state index is -0.712. The molecule has 2 aromatic rings. The molecule has 0 bridgehead atoms. The van der Waals surface area contributed by atoms with Gasteiger partial charge in [-0.05, 0) is 5.56 Å². The van der Waals surface area contributed by atoms with Gasteiger partial charge < -0.3 is 4.67 Å². The summed E-state index contributed by atoms with van der Waals surface area (Å²) in [7, 11) is -0.712. The maximum atomic E-state index is 11.0. The fraction of sp³-hybridized carbons (Fsp3) is 0.176. The summed E-state index contributed by atoms with van der Waals surface area (Å²) in [6.07, 6.45) is 2.65. The topological polar surface area (TPSA) is 32.7 Å². The van der Waals surface area contributed by atoms with E-state index in [2.05, 4.69) is 35.0 Å². The summed E-state index contributed by atoms with van der Waals surface area (Å²) in [5.74, 6) is 0. The van der Waals surface area contributed by atoms with Crippen molar-refractivity contribution >= 4 is 21.5 Å². The first-order valence-corrected chi connectivity index (χ1v) is 9.35. The summed E-state index contributed by atoms with van der Waals surface area (Å²) >= 11 is 0. The van der Waals surface area contributed by atoms with Crippen LogP contribution in [0.2, 0.25) is 13.1 Å². The molecule has 0 aliphatic carbocycles. The second-order valence-electron chi connectivity index (χ2n) is 4.98. The molecule has 0 fully saturated rings. The molecule has 0 atom stereocenters. The van der Waals surface area contributed by atoms with Crippen LogP contribution in [0, 0.1) is 0 Å². The van der Waals surface area contributed by atoms with Gasteiger partial charge in [0, 0.05) is 11.1 Å². The molecular weight excluding hydrogens is 276 g/mol. The van der Waals surface area contributed by atoms with Crippen LogP contribution in [-0.2, 0) is 6.54 Å². The van der Waals surface area contributed by atoms with Gasteiger partial charge in [0.2, 0.25) is 0 Å². The van der Waals surface area contributed by atoms with Gasteiger partial charge in [0.1, 0.15) is 0 Å². The molecule has 0 spiro atoms. The lowest BCUT2D eigenvalue weighted by atomic mass is 10.1. The third-order valence-electron chi connectivity index (χ3n) is 3.15. The third-order valence-corrected chi connectivity index (χ3v) is 4.46. The summed E-state index contributed by atoms with van der Waals surface area (Å²) in [5.41, 5.74) is 2.76. The van der Waals surface area contributed by atoms with Crippen molar-refractivity contribution in [3.8, 4) is 0 Å². The second-order valence-corrected chi connectivity index (χ2v) is 7.39. The molecule has 0 amide bonds. The Hall–Kier alpha value is -2.20. The average Bonchev–Trinajstić information content (AvgIpc) is 2.52. The molecule has 0 N–H and O–H groups in total. The van der Waals surface area contributed by atoms with E-state index in [0.717, 1.165) is 18.4 Å². The molecule has 107 valence electrons. The SMILES string of the molecule is C[Si](C)N(Cc1ccccc1)N=Cc1ccccc1C=O. The molecule has 1 radical (unpaired) electrons. The highest BCUT2D eigenvalue weighted by molar-refractivity contribution is 6.52. The Morgan fingerprint density at radius 3 is 2.24 bits per heavy atom. The zero-order valence-corrected chi connectivity index (χ0v) is 13.4. The Bertz CT molecular complexity index is 611. The van der Waals surface area contributed by atoms with E-state index >= 15 is 0 Å². The van der Waals surface area contributed by atoms with Crippen LogP contribution in [0.25, 0.3) is 0 Å². The van der Waals surface area contributed by atoms with Crippen LogP contribution in [0.5, 0.6) is 0 Å². The van der Waals surface area contributed by atoms with Crippen LogP contribution >= 0.6 is 0 Å². The van der Waals surface area contributed by atoms with E-state index in [1.54, 1.807) is 12.3 Å². The van der Waals surface area contributed by atoms with Gasteiger partial charge in [0.05, 0.1) is 12.8 Å². The van der Waals surface area contributed by atoms with Crippen LogP contribution in [-0.4, -0.2) is 26.1 Å². The van der Waals surface area contributed by atoms with Gasteiger partial charge in [-0.15, -0.1) is 0 Å². The van der Waals surface area contributed by atoms with Gasteiger partial charge in [-0.1, -0.05) is 67.7 Å². The molecule has 21 heavy (non-hydrogen) atoms. The number of nitrogens with zero attached hydrogens (tertiary/aromatic N) is 2. The lowest BCUT2D eigenvalue weighted by molar-refractivity contribution is 0.112. The quantitative estimate of drug-likeness (QED) is 0.353. The van der Waals surface area contributed by atoms with Crippen molar-refractivity contribution in [2.75, 3.05) is 0 Å².